The zero-order chi connectivity index (χ0) is 12.3. The summed E-state index contributed by atoms with van der Waals surface area (Å²) in [6.45, 7) is 2.61. The Labute approximate surface area is 100 Å². The van der Waals surface area contributed by atoms with Gasteiger partial charge in [0, 0.05) is 31.4 Å². The summed E-state index contributed by atoms with van der Waals surface area (Å²) < 4.78 is 0. The van der Waals surface area contributed by atoms with Crippen molar-refractivity contribution in [1.82, 2.24) is 9.88 Å². The van der Waals surface area contributed by atoms with Gasteiger partial charge in [-0.1, -0.05) is 12.1 Å². The number of carbonyl (C=O) groups is 1. The molecule has 0 unspecified atom stereocenters. The van der Waals surface area contributed by atoms with Gasteiger partial charge < -0.3 is 10.2 Å². The van der Waals surface area contributed by atoms with Crippen LogP contribution in [-0.4, -0.2) is 29.5 Å². The van der Waals surface area contributed by atoms with Crippen LogP contribution in [0.15, 0.2) is 36.7 Å². The van der Waals surface area contributed by atoms with Gasteiger partial charge in [0.05, 0.1) is 5.69 Å². The van der Waals surface area contributed by atoms with Crippen molar-refractivity contribution in [3.63, 3.8) is 0 Å². The molecular formula is C13H15N3O. The highest BCUT2D eigenvalue weighted by Crippen LogP contribution is 2.22. The Bertz CT molecular complexity index is 534. The van der Waals surface area contributed by atoms with Crippen LogP contribution in [0.3, 0.4) is 0 Å². The van der Waals surface area contributed by atoms with E-state index in [0.29, 0.717) is 6.54 Å². The monoisotopic (exact) mass is 229 g/mol. The van der Waals surface area contributed by atoms with Crippen LogP contribution in [-0.2, 0) is 0 Å². The van der Waals surface area contributed by atoms with Gasteiger partial charge in [0.25, 0.3) is 0 Å². The smallest absolute Gasteiger partial charge is 0.321 e. The molecule has 0 aliphatic carbocycles. The van der Waals surface area contributed by atoms with E-state index in [-0.39, 0.29) is 6.03 Å². The topological polar surface area (TPSA) is 45.2 Å². The maximum absolute atomic E-state index is 11.8. The van der Waals surface area contributed by atoms with E-state index in [2.05, 4.69) is 10.3 Å². The van der Waals surface area contributed by atoms with Gasteiger partial charge in [-0.05, 0) is 24.4 Å². The fraction of sp³-hybridized carbons (Fsp3) is 0.231. The second-order valence-electron chi connectivity index (χ2n) is 3.85. The summed E-state index contributed by atoms with van der Waals surface area (Å²) in [5.41, 5.74) is 0.793. The zero-order valence-electron chi connectivity index (χ0n) is 9.97. The Hall–Kier alpha value is -2.10. The molecule has 0 spiro atoms. The van der Waals surface area contributed by atoms with Crippen molar-refractivity contribution in [2.75, 3.05) is 18.9 Å². The summed E-state index contributed by atoms with van der Waals surface area (Å²) in [6, 6.07) is 7.61. The number of urea groups is 1. The minimum atomic E-state index is -0.108. The van der Waals surface area contributed by atoms with Crippen LogP contribution in [0.2, 0.25) is 0 Å². The molecule has 2 aromatic rings. The first kappa shape index (κ1) is 11.4. The van der Waals surface area contributed by atoms with Crippen LogP contribution in [0, 0.1) is 0 Å². The van der Waals surface area contributed by atoms with Gasteiger partial charge >= 0.3 is 6.03 Å². The molecular weight excluding hydrogens is 214 g/mol. The highest BCUT2D eigenvalue weighted by atomic mass is 16.2. The van der Waals surface area contributed by atoms with Crippen molar-refractivity contribution in [1.29, 1.82) is 0 Å². The van der Waals surface area contributed by atoms with Gasteiger partial charge in [-0.15, -0.1) is 0 Å². The Morgan fingerprint density at radius 3 is 3.00 bits per heavy atom. The van der Waals surface area contributed by atoms with Gasteiger partial charge in [-0.2, -0.15) is 0 Å². The molecule has 0 saturated carbocycles. The molecule has 17 heavy (non-hydrogen) atoms. The van der Waals surface area contributed by atoms with E-state index in [1.54, 1.807) is 24.3 Å². The fourth-order valence-corrected chi connectivity index (χ4v) is 1.58. The second kappa shape index (κ2) is 4.82. The summed E-state index contributed by atoms with van der Waals surface area (Å²) in [7, 11) is 1.76. The van der Waals surface area contributed by atoms with Gasteiger partial charge in [0.15, 0.2) is 0 Å². The Kier molecular flexibility index (Phi) is 3.23. The number of benzene rings is 1. The first-order valence-electron chi connectivity index (χ1n) is 5.57. The van der Waals surface area contributed by atoms with Crippen molar-refractivity contribution in [3.05, 3.63) is 36.7 Å². The molecule has 1 aromatic heterocycles. The van der Waals surface area contributed by atoms with E-state index in [4.69, 9.17) is 0 Å². The molecule has 0 radical (unpaired) electrons. The minimum absolute atomic E-state index is 0.108. The lowest BCUT2D eigenvalue weighted by molar-refractivity contribution is 0.224. The lowest BCUT2D eigenvalue weighted by Crippen LogP contribution is -2.30. The predicted octanol–water partition coefficient (Wildman–Crippen LogP) is 2.72. The van der Waals surface area contributed by atoms with E-state index in [1.807, 2.05) is 31.2 Å². The maximum Gasteiger partial charge on any atom is 0.321 e. The molecule has 1 heterocycles. The first-order chi connectivity index (χ1) is 8.22. The maximum atomic E-state index is 11.8. The normalized spacial score (nSPS) is 10.2. The van der Waals surface area contributed by atoms with E-state index in [1.165, 1.54) is 0 Å². The highest BCUT2D eigenvalue weighted by Gasteiger charge is 2.08. The Morgan fingerprint density at radius 1 is 1.41 bits per heavy atom. The van der Waals surface area contributed by atoms with Crippen LogP contribution in [0.1, 0.15) is 6.92 Å². The SMILES string of the molecule is CCN(C)C(=O)Nc1cccc2ccncc12. The van der Waals surface area contributed by atoms with E-state index in [0.717, 1.165) is 16.5 Å². The third-order valence-corrected chi connectivity index (χ3v) is 2.75. The molecule has 1 N–H and O–H groups in total. The Morgan fingerprint density at radius 2 is 2.24 bits per heavy atom. The second-order valence-corrected chi connectivity index (χ2v) is 3.85. The van der Waals surface area contributed by atoms with Crippen molar-refractivity contribution in [3.8, 4) is 0 Å². The molecule has 4 nitrogen and oxygen atoms in total. The van der Waals surface area contributed by atoms with Crippen LogP contribution < -0.4 is 5.32 Å². The molecule has 0 saturated heterocycles. The molecule has 0 fully saturated rings. The number of amides is 2. The quantitative estimate of drug-likeness (QED) is 0.860. The average Bonchev–Trinajstić information content (AvgIpc) is 2.38. The van der Waals surface area contributed by atoms with Crippen LogP contribution >= 0.6 is 0 Å². The number of nitrogens with one attached hydrogen (secondary N) is 1. The Balaban J connectivity index is 2.33. The van der Waals surface area contributed by atoms with Gasteiger partial charge in [0.1, 0.15) is 0 Å². The lowest BCUT2D eigenvalue weighted by atomic mass is 10.1. The standard InChI is InChI=1S/C13H15N3O/c1-3-16(2)13(17)15-12-6-4-5-10-7-8-14-9-11(10)12/h4-9H,3H2,1-2H3,(H,15,17). The summed E-state index contributed by atoms with van der Waals surface area (Å²) >= 11 is 0. The number of fused-ring (bicyclic) bond motifs is 1. The summed E-state index contributed by atoms with van der Waals surface area (Å²) in [5, 5.41) is 4.90. The number of hydrogen-bond acceptors (Lipinski definition) is 2. The van der Waals surface area contributed by atoms with Crippen molar-refractivity contribution >= 4 is 22.5 Å². The molecule has 0 atom stereocenters. The van der Waals surface area contributed by atoms with Crippen molar-refractivity contribution in [2.24, 2.45) is 0 Å². The number of hydrogen-bond donors (Lipinski definition) is 1. The van der Waals surface area contributed by atoms with Crippen LogP contribution in [0.4, 0.5) is 10.5 Å². The van der Waals surface area contributed by atoms with Gasteiger partial charge in [0.2, 0.25) is 0 Å². The third-order valence-electron chi connectivity index (χ3n) is 2.75. The molecule has 0 aliphatic rings. The van der Waals surface area contributed by atoms with Crippen molar-refractivity contribution in [2.45, 2.75) is 6.92 Å². The lowest BCUT2D eigenvalue weighted by Gasteiger charge is -2.16. The summed E-state index contributed by atoms with van der Waals surface area (Å²) in [6.07, 6.45) is 3.50. The third kappa shape index (κ3) is 2.36. The number of rotatable bonds is 2. The summed E-state index contributed by atoms with van der Waals surface area (Å²) in [4.78, 5) is 17.5. The molecule has 88 valence electrons. The zero-order valence-corrected chi connectivity index (χ0v) is 9.97. The predicted molar refractivity (Wildman–Crippen MR) is 69.1 cm³/mol. The largest absolute Gasteiger partial charge is 0.328 e. The number of carbonyl (C=O) groups excluding carboxylic acids is 1. The molecule has 0 aliphatic heterocycles. The number of aromatic nitrogens is 1. The fourth-order valence-electron chi connectivity index (χ4n) is 1.58. The molecule has 4 heteroatoms. The van der Waals surface area contributed by atoms with Crippen LogP contribution in [0.5, 0.6) is 0 Å². The van der Waals surface area contributed by atoms with Gasteiger partial charge in [-0.3, -0.25) is 4.98 Å². The van der Waals surface area contributed by atoms with Crippen molar-refractivity contribution < 1.29 is 4.79 Å². The van der Waals surface area contributed by atoms with E-state index >= 15 is 0 Å². The van der Waals surface area contributed by atoms with Gasteiger partial charge in [-0.25, -0.2) is 4.79 Å². The number of pyridine rings is 1. The summed E-state index contributed by atoms with van der Waals surface area (Å²) in [5.74, 6) is 0. The molecule has 0 bridgehead atoms. The first-order valence-corrected chi connectivity index (χ1v) is 5.57. The number of anilines is 1. The van der Waals surface area contributed by atoms with E-state index < -0.39 is 0 Å². The van der Waals surface area contributed by atoms with E-state index in [9.17, 15) is 4.79 Å². The molecule has 2 amide bonds. The molecule has 2 rings (SSSR count). The minimum Gasteiger partial charge on any atom is -0.328 e. The molecule has 1 aromatic carbocycles. The van der Waals surface area contributed by atoms with Crippen LogP contribution in [0.25, 0.3) is 10.8 Å². The number of nitrogens with zero attached hydrogens (tertiary/aromatic N) is 2. The average molecular weight is 229 g/mol. The highest BCUT2D eigenvalue weighted by molar-refractivity contribution is 6.01.